The van der Waals surface area contributed by atoms with Crippen molar-refractivity contribution in [3.8, 4) is 0 Å². The molecule has 128 valence electrons. The molecule has 0 N–H and O–H groups in total. The SMILES string of the molecule is C=CC[C@]12CO[C@H]1CN(C(=O)OCc1ccccc1)[C@@H]2C(=O)OC. The number of hydrogen-bond acceptors (Lipinski definition) is 5. The molecule has 24 heavy (non-hydrogen) atoms. The number of rotatable bonds is 5. The minimum absolute atomic E-state index is 0.157. The van der Waals surface area contributed by atoms with E-state index in [0.717, 1.165) is 5.56 Å². The van der Waals surface area contributed by atoms with E-state index in [1.807, 2.05) is 30.3 Å². The molecule has 2 saturated heterocycles. The molecule has 6 heteroatoms. The quantitative estimate of drug-likeness (QED) is 0.611. The van der Waals surface area contributed by atoms with Crippen molar-refractivity contribution in [1.29, 1.82) is 0 Å². The second-order valence-corrected chi connectivity index (χ2v) is 6.14. The molecule has 6 nitrogen and oxygen atoms in total. The van der Waals surface area contributed by atoms with Gasteiger partial charge >= 0.3 is 12.1 Å². The van der Waals surface area contributed by atoms with Crippen molar-refractivity contribution >= 4 is 12.1 Å². The maximum atomic E-state index is 12.5. The highest BCUT2D eigenvalue weighted by Crippen LogP contribution is 2.49. The van der Waals surface area contributed by atoms with Crippen LogP contribution in [0.5, 0.6) is 0 Å². The van der Waals surface area contributed by atoms with Gasteiger partial charge in [0, 0.05) is 0 Å². The minimum atomic E-state index is -0.706. The number of carbonyl (C=O) groups is 2. The fraction of sp³-hybridized carbons (Fsp3) is 0.444. The Morgan fingerprint density at radius 1 is 1.42 bits per heavy atom. The van der Waals surface area contributed by atoms with E-state index < -0.39 is 23.5 Å². The number of ether oxygens (including phenoxy) is 3. The van der Waals surface area contributed by atoms with Gasteiger partial charge in [-0.3, -0.25) is 4.90 Å². The lowest BCUT2D eigenvalue weighted by Crippen LogP contribution is -2.58. The van der Waals surface area contributed by atoms with Crippen LogP contribution in [0.1, 0.15) is 12.0 Å². The van der Waals surface area contributed by atoms with Crippen LogP contribution in [-0.4, -0.2) is 49.4 Å². The van der Waals surface area contributed by atoms with Crippen LogP contribution in [-0.2, 0) is 25.6 Å². The van der Waals surface area contributed by atoms with Gasteiger partial charge in [-0.1, -0.05) is 36.4 Å². The molecule has 2 heterocycles. The van der Waals surface area contributed by atoms with Crippen molar-refractivity contribution in [2.45, 2.75) is 25.2 Å². The van der Waals surface area contributed by atoms with Crippen molar-refractivity contribution in [2.75, 3.05) is 20.3 Å². The summed E-state index contributed by atoms with van der Waals surface area (Å²) in [4.78, 5) is 26.3. The summed E-state index contributed by atoms with van der Waals surface area (Å²) in [5.41, 5.74) is 0.431. The van der Waals surface area contributed by atoms with Crippen LogP contribution >= 0.6 is 0 Å². The number of nitrogens with zero attached hydrogens (tertiary/aromatic N) is 1. The molecule has 0 bridgehead atoms. The average molecular weight is 331 g/mol. The summed E-state index contributed by atoms with van der Waals surface area (Å²) in [5, 5.41) is 0. The third-order valence-electron chi connectivity index (χ3n) is 4.80. The average Bonchev–Trinajstić information content (AvgIpc) is 2.82. The molecular formula is C18H21NO5. The normalized spacial score (nSPS) is 27.8. The molecule has 2 aliphatic heterocycles. The van der Waals surface area contributed by atoms with Crippen LogP contribution in [0.2, 0.25) is 0 Å². The summed E-state index contributed by atoms with van der Waals surface area (Å²) >= 11 is 0. The molecule has 0 spiro atoms. The number of likely N-dealkylation sites (tertiary alicyclic amines) is 1. The number of carbonyl (C=O) groups excluding carboxylic acids is 2. The van der Waals surface area contributed by atoms with E-state index in [1.54, 1.807) is 6.08 Å². The molecule has 0 unspecified atom stereocenters. The highest BCUT2D eigenvalue weighted by molar-refractivity contribution is 5.84. The van der Waals surface area contributed by atoms with Crippen molar-refractivity contribution in [1.82, 2.24) is 4.90 Å². The van der Waals surface area contributed by atoms with Crippen LogP contribution in [0.3, 0.4) is 0 Å². The van der Waals surface area contributed by atoms with Crippen LogP contribution < -0.4 is 0 Å². The molecule has 1 aromatic rings. The van der Waals surface area contributed by atoms with Gasteiger partial charge in [0.1, 0.15) is 12.6 Å². The first-order valence-electron chi connectivity index (χ1n) is 7.90. The third-order valence-corrected chi connectivity index (χ3v) is 4.80. The van der Waals surface area contributed by atoms with Crippen LogP contribution in [0.25, 0.3) is 0 Å². The summed E-state index contributed by atoms with van der Waals surface area (Å²) in [6, 6.07) is 8.70. The van der Waals surface area contributed by atoms with Crippen molar-refractivity contribution in [3.05, 3.63) is 48.6 Å². The summed E-state index contributed by atoms with van der Waals surface area (Å²) in [7, 11) is 1.32. The first kappa shape index (κ1) is 16.5. The minimum Gasteiger partial charge on any atom is -0.467 e. The van der Waals surface area contributed by atoms with E-state index >= 15 is 0 Å². The second-order valence-electron chi connectivity index (χ2n) is 6.14. The lowest BCUT2D eigenvalue weighted by Gasteiger charge is -2.45. The highest BCUT2D eigenvalue weighted by atomic mass is 16.6. The van der Waals surface area contributed by atoms with Gasteiger partial charge in [-0.05, 0) is 12.0 Å². The van der Waals surface area contributed by atoms with Crippen molar-refractivity contribution in [3.63, 3.8) is 0 Å². The predicted molar refractivity (Wildman–Crippen MR) is 86.1 cm³/mol. The second kappa shape index (κ2) is 6.65. The molecule has 0 saturated carbocycles. The Kier molecular flexibility index (Phi) is 4.57. The Bertz CT molecular complexity index is 632. The zero-order valence-corrected chi connectivity index (χ0v) is 13.6. The predicted octanol–water partition coefficient (Wildman–Crippen LogP) is 2.14. The van der Waals surface area contributed by atoms with E-state index in [-0.39, 0.29) is 12.7 Å². The van der Waals surface area contributed by atoms with Crippen molar-refractivity contribution in [2.24, 2.45) is 5.41 Å². The number of esters is 1. The van der Waals surface area contributed by atoms with E-state index in [4.69, 9.17) is 14.2 Å². The zero-order valence-electron chi connectivity index (χ0n) is 13.6. The van der Waals surface area contributed by atoms with Crippen LogP contribution in [0, 0.1) is 5.41 Å². The monoisotopic (exact) mass is 331 g/mol. The largest absolute Gasteiger partial charge is 0.467 e. The number of hydrogen-bond donors (Lipinski definition) is 0. The van der Waals surface area contributed by atoms with Gasteiger partial charge < -0.3 is 14.2 Å². The van der Waals surface area contributed by atoms with Gasteiger partial charge in [-0.2, -0.15) is 0 Å². The topological polar surface area (TPSA) is 65.1 Å². The Morgan fingerprint density at radius 2 is 2.17 bits per heavy atom. The molecule has 3 atom stereocenters. The van der Waals surface area contributed by atoms with Gasteiger partial charge in [-0.25, -0.2) is 9.59 Å². The smallest absolute Gasteiger partial charge is 0.410 e. The lowest BCUT2D eigenvalue weighted by atomic mass is 9.72. The maximum absolute atomic E-state index is 12.5. The molecule has 2 aliphatic rings. The fourth-order valence-electron chi connectivity index (χ4n) is 3.53. The Morgan fingerprint density at radius 3 is 2.75 bits per heavy atom. The van der Waals surface area contributed by atoms with Crippen molar-refractivity contribution < 1.29 is 23.8 Å². The number of fused-ring (bicyclic) bond motifs is 1. The summed E-state index contributed by atoms with van der Waals surface area (Å²) < 4.78 is 15.9. The number of benzene rings is 1. The highest BCUT2D eigenvalue weighted by Gasteiger charge is 2.65. The third kappa shape index (κ3) is 2.67. The molecule has 0 aromatic heterocycles. The molecular weight excluding hydrogens is 310 g/mol. The summed E-state index contributed by atoms with van der Waals surface area (Å²) in [6.45, 7) is 4.65. The van der Waals surface area contributed by atoms with E-state index in [9.17, 15) is 9.59 Å². The number of allylic oxidation sites excluding steroid dienone is 1. The molecule has 1 amide bonds. The first-order valence-corrected chi connectivity index (χ1v) is 7.90. The zero-order chi connectivity index (χ0) is 17.2. The van der Waals surface area contributed by atoms with E-state index in [2.05, 4.69) is 6.58 Å². The van der Waals surface area contributed by atoms with Gasteiger partial charge in [-0.15, -0.1) is 6.58 Å². The fourth-order valence-corrected chi connectivity index (χ4v) is 3.53. The molecule has 2 fully saturated rings. The standard InChI is InChI=1S/C18H21NO5/c1-3-9-18-12-24-14(18)10-19(15(18)16(20)22-2)17(21)23-11-13-7-5-4-6-8-13/h3-8,14-15H,1,9-12H2,2H3/t14-,15+,18-/m0/s1. The van der Waals surface area contributed by atoms with Gasteiger partial charge in [0.15, 0.2) is 0 Å². The van der Waals surface area contributed by atoms with Crippen LogP contribution in [0.15, 0.2) is 43.0 Å². The molecule has 1 aromatic carbocycles. The summed E-state index contributed by atoms with van der Waals surface area (Å²) in [5.74, 6) is -0.445. The van der Waals surface area contributed by atoms with Gasteiger partial charge in [0.05, 0.1) is 31.8 Å². The lowest BCUT2D eigenvalue weighted by molar-refractivity contribution is -0.182. The van der Waals surface area contributed by atoms with Gasteiger partial charge in [0.25, 0.3) is 0 Å². The molecule has 3 rings (SSSR count). The molecule has 0 aliphatic carbocycles. The van der Waals surface area contributed by atoms with Gasteiger partial charge in [0.2, 0.25) is 0 Å². The first-order chi connectivity index (χ1) is 11.6. The number of amides is 1. The maximum Gasteiger partial charge on any atom is 0.410 e. The summed E-state index contributed by atoms with van der Waals surface area (Å²) in [6.07, 6.45) is 1.61. The Balaban J connectivity index is 1.74. The van der Waals surface area contributed by atoms with E-state index in [0.29, 0.717) is 19.6 Å². The Hall–Kier alpha value is -2.34. The Labute approximate surface area is 141 Å². The number of methoxy groups -OCH3 is 1. The van der Waals surface area contributed by atoms with E-state index in [1.165, 1.54) is 12.0 Å². The molecule has 0 radical (unpaired) electrons. The van der Waals surface area contributed by atoms with Crippen LogP contribution in [0.4, 0.5) is 4.79 Å².